The lowest BCUT2D eigenvalue weighted by molar-refractivity contribution is -0.0366. The molecule has 92 valence electrons. The van der Waals surface area contributed by atoms with Gasteiger partial charge in [-0.05, 0) is 37.5 Å². The number of isocyanates is 1. The van der Waals surface area contributed by atoms with E-state index in [4.69, 9.17) is 4.74 Å². The molecule has 3 rings (SSSR count). The van der Waals surface area contributed by atoms with Crippen LogP contribution in [0.2, 0.25) is 0 Å². The molecule has 1 saturated heterocycles. The Hall–Kier alpha value is -1.97. The quantitative estimate of drug-likeness (QED) is 0.602. The summed E-state index contributed by atoms with van der Waals surface area (Å²) in [5.74, 6) is 0. The van der Waals surface area contributed by atoms with Crippen molar-refractivity contribution in [1.82, 2.24) is 9.78 Å². The zero-order valence-corrected chi connectivity index (χ0v) is 9.87. The second-order valence-electron chi connectivity index (χ2n) is 4.36. The van der Waals surface area contributed by atoms with Crippen molar-refractivity contribution in [2.75, 3.05) is 6.61 Å². The van der Waals surface area contributed by atoms with Gasteiger partial charge in [0.15, 0.2) is 6.23 Å². The molecule has 5 heteroatoms. The fourth-order valence-corrected chi connectivity index (χ4v) is 2.31. The lowest BCUT2D eigenvalue weighted by Gasteiger charge is -2.23. The molecule has 1 aromatic heterocycles. The molecule has 2 aromatic rings. The highest BCUT2D eigenvalue weighted by atomic mass is 16.5. The molecular formula is C13H13N3O2. The van der Waals surface area contributed by atoms with Crippen molar-refractivity contribution in [2.45, 2.75) is 25.5 Å². The third kappa shape index (κ3) is 1.94. The van der Waals surface area contributed by atoms with E-state index in [0.29, 0.717) is 5.69 Å². The Morgan fingerprint density at radius 3 is 3.17 bits per heavy atom. The van der Waals surface area contributed by atoms with Gasteiger partial charge in [0.1, 0.15) is 0 Å². The SMILES string of the molecule is O=C=Nc1ccc2c(cnn2C2CCCCO2)c1. The molecule has 5 nitrogen and oxygen atoms in total. The van der Waals surface area contributed by atoms with Gasteiger partial charge in [0.05, 0.1) is 17.4 Å². The third-order valence-electron chi connectivity index (χ3n) is 3.18. The van der Waals surface area contributed by atoms with Gasteiger partial charge < -0.3 is 4.74 Å². The van der Waals surface area contributed by atoms with Gasteiger partial charge in [-0.25, -0.2) is 9.48 Å². The highest BCUT2D eigenvalue weighted by Crippen LogP contribution is 2.27. The number of hydrogen-bond donors (Lipinski definition) is 0. The predicted molar refractivity (Wildman–Crippen MR) is 66.4 cm³/mol. The first-order valence-electron chi connectivity index (χ1n) is 6.05. The average Bonchev–Trinajstić information content (AvgIpc) is 2.83. The number of rotatable bonds is 2. The first kappa shape index (κ1) is 11.1. The third-order valence-corrected chi connectivity index (χ3v) is 3.18. The van der Waals surface area contributed by atoms with Crippen LogP contribution in [0.3, 0.4) is 0 Å². The summed E-state index contributed by atoms with van der Waals surface area (Å²) in [4.78, 5) is 13.8. The Bertz CT molecular complexity index is 608. The molecule has 1 aromatic carbocycles. The molecule has 0 spiro atoms. The number of ether oxygens (including phenoxy) is 1. The molecule has 1 aliphatic heterocycles. The first-order valence-corrected chi connectivity index (χ1v) is 6.05. The van der Waals surface area contributed by atoms with Gasteiger partial charge in [0.25, 0.3) is 0 Å². The van der Waals surface area contributed by atoms with Crippen molar-refractivity contribution in [3.63, 3.8) is 0 Å². The maximum absolute atomic E-state index is 10.2. The van der Waals surface area contributed by atoms with Crippen LogP contribution in [0.1, 0.15) is 25.5 Å². The molecule has 0 bridgehead atoms. The molecule has 1 unspecified atom stereocenters. The van der Waals surface area contributed by atoms with Crippen LogP contribution in [0.4, 0.5) is 5.69 Å². The maximum atomic E-state index is 10.2. The van der Waals surface area contributed by atoms with Gasteiger partial charge in [0.2, 0.25) is 6.08 Å². The van der Waals surface area contributed by atoms with Crippen LogP contribution in [-0.4, -0.2) is 22.5 Å². The predicted octanol–water partition coefficient (Wildman–Crippen LogP) is 2.70. The Balaban J connectivity index is 2.01. The smallest absolute Gasteiger partial charge is 0.240 e. The Morgan fingerprint density at radius 1 is 1.44 bits per heavy atom. The zero-order chi connectivity index (χ0) is 12.4. The molecule has 1 atom stereocenters. The number of aromatic nitrogens is 2. The fourth-order valence-electron chi connectivity index (χ4n) is 2.31. The minimum atomic E-state index is 0.0247. The second-order valence-corrected chi connectivity index (χ2v) is 4.36. The molecule has 0 aliphatic carbocycles. The molecule has 0 N–H and O–H groups in total. The van der Waals surface area contributed by atoms with E-state index in [0.717, 1.165) is 30.4 Å². The molecular weight excluding hydrogens is 230 g/mol. The van der Waals surface area contributed by atoms with E-state index in [-0.39, 0.29) is 6.23 Å². The van der Waals surface area contributed by atoms with E-state index in [9.17, 15) is 4.79 Å². The van der Waals surface area contributed by atoms with Gasteiger partial charge >= 0.3 is 0 Å². The van der Waals surface area contributed by atoms with Crippen molar-refractivity contribution >= 4 is 22.7 Å². The molecule has 0 saturated carbocycles. The lowest BCUT2D eigenvalue weighted by Crippen LogP contribution is -2.18. The van der Waals surface area contributed by atoms with E-state index in [2.05, 4.69) is 10.1 Å². The van der Waals surface area contributed by atoms with Crippen molar-refractivity contribution in [1.29, 1.82) is 0 Å². The van der Waals surface area contributed by atoms with Crippen LogP contribution in [0.5, 0.6) is 0 Å². The van der Waals surface area contributed by atoms with E-state index < -0.39 is 0 Å². The van der Waals surface area contributed by atoms with E-state index in [1.54, 1.807) is 18.3 Å². The summed E-state index contributed by atoms with van der Waals surface area (Å²) in [6, 6.07) is 5.53. The number of aliphatic imine (C=N–C) groups is 1. The van der Waals surface area contributed by atoms with Crippen LogP contribution < -0.4 is 0 Å². The molecule has 2 heterocycles. The number of benzene rings is 1. The Kier molecular flexibility index (Phi) is 2.92. The highest BCUT2D eigenvalue weighted by molar-refractivity contribution is 5.82. The fraction of sp³-hybridized carbons (Fsp3) is 0.385. The lowest BCUT2D eigenvalue weighted by atomic mass is 10.2. The molecule has 1 fully saturated rings. The topological polar surface area (TPSA) is 56.5 Å². The highest BCUT2D eigenvalue weighted by Gasteiger charge is 2.18. The summed E-state index contributed by atoms with van der Waals surface area (Å²) < 4.78 is 7.63. The van der Waals surface area contributed by atoms with Crippen molar-refractivity contribution in [2.24, 2.45) is 4.99 Å². The monoisotopic (exact) mass is 243 g/mol. The van der Waals surface area contributed by atoms with Crippen LogP contribution >= 0.6 is 0 Å². The number of fused-ring (bicyclic) bond motifs is 1. The minimum absolute atomic E-state index is 0.0247. The van der Waals surface area contributed by atoms with Crippen LogP contribution in [0.25, 0.3) is 10.9 Å². The number of hydrogen-bond acceptors (Lipinski definition) is 4. The first-order chi connectivity index (χ1) is 8.88. The Morgan fingerprint density at radius 2 is 2.39 bits per heavy atom. The van der Waals surface area contributed by atoms with Crippen LogP contribution in [0.15, 0.2) is 29.4 Å². The van der Waals surface area contributed by atoms with Gasteiger partial charge in [-0.2, -0.15) is 10.1 Å². The largest absolute Gasteiger partial charge is 0.356 e. The molecule has 18 heavy (non-hydrogen) atoms. The second kappa shape index (κ2) is 4.72. The summed E-state index contributed by atoms with van der Waals surface area (Å²) in [5.41, 5.74) is 1.60. The molecule has 1 aliphatic rings. The molecule has 0 radical (unpaired) electrons. The Labute approximate surface area is 104 Å². The van der Waals surface area contributed by atoms with Crippen molar-refractivity contribution in [3.8, 4) is 0 Å². The van der Waals surface area contributed by atoms with E-state index in [1.807, 2.05) is 16.8 Å². The van der Waals surface area contributed by atoms with Gasteiger partial charge in [-0.1, -0.05) is 0 Å². The van der Waals surface area contributed by atoms with E-state index >= 15 is 0 Å². The summed E-state index contributed by atoms with van der Waals surface area (Å²) in [6.45, 7) is 0.791. The minimum Gasteiger partial charge on any atom is -0.356 e. The maximum Gasteiger partial charge on any atom is 0.240 e. The summed E-state index contributed by atoms with van der Waals surface area (Å²) in [6.07, 6.45) is 6.62. The normalized spacial score (nSPS) is 19.7. The number of nitrogens with zero attached hydrogens (tertiary/aromatic N) is 3. The average molecular weight is 243 g/mol. The summed E-state index contributed by atoms with van der Waals surface area (Å²) in [7, 11) is 0. The van der Waals surface area contributed by atoms with Gasteiger partial charge in [-0.3, -0.25) is 0 Å². The van der Waals surface area contributed by atoms with Gasteiger partial charge in [-0.15, -0.1) is 0 Å². The standard InChI is InChI=1S/C13H13N3O2/c17-9-14-11-4-5-12-10(7-11)8-15-16(12)13-3-1-2-6-18-13/h4-5,7-8,13H,1-3,6H2. The zero-order valence-electron chi connectivity index (χ0n) is 9.87. The van der Waals surface area contributed by atoms with Gasteiger partial charge in [0, 0.05) is 12.0 Å². The molecule has 0 amide bonds. The number of carbonyl (C=O) groups excluding carboxylic acids is 1. The van der Waals surface area contributed by atoms with Crippen molar-refractivity contribution < 1.29 is 9.53 Å². The van der Waals surface area contributed by atoms with E-state index in [1.165, 1.54) is 6.42 Å². The summed E-state index contributed by atoms with van der Waals surface area (Å²) >= 11 is 0. The van der Waals surface area contributed by atoms with Crippen LogP contribution in [-0.2, 0) is 9.53 Å². The van der Waals surface area contributed by atoms with Crippen LogP contribution in [0, 0.1) is 0 Å². The summed E-state index contributed by atoms with van der Waals surface area (Å²) in [5, 5.41) is 5.33. The van der Waals surface area contributed by atoms with Crippen molar-refractivity contribution in [3.05, 3.63) is 24.4 Å².